The van der Waals surface area contributed by atoms with Gasteiger partial charge in [-0.05, 0) is 41.3 Å². The number of thiophene rings is 2. The summed E-state index contributed by atoms with van der Waals surface area (Å²) in [5.74, 6) is 0. The molecule has 0 fully saturated rings. The second-order valence-corrected chi connectivity index (χ2v) is 6.01. The summed E-state index contributed by atoms with van der Waals surface area (Å²) in [6, 6.07) is 19.1. The SMILES string of the molecule is C(=Cc1ccc(-c2ccccc2)s1)c1cccs1. The molecule has 1 aromatic carbocycles. The lowest BCUT2D eigenvalue weighted by Gasteiger charge is -1.94. The predicted octanol–water partition coefficient (Wildman–Crippen LogP) is 5.65. The average molecular weight is 268 g/mol. The zero-order chi connectivity index (χ0) is 12.2. The van der Waals surface area contributed by atoms with Crippen LogP contribution in [0.1, 0.15) is 9.75 Å². The highest BCUT2D eigenvalue weighted by Gasteiger charge is 1.99. The van der Waals surface area contributed by atoms with Gasteiger partial charge in [-0.2, -0.15) is 0 Å². The molecule has 2 heteroatoms. The van der Waals surface area contributed by atoms with Crippen LogP contribution in [0.4, 0.5) is 0 Å². The first-order valence-corrected chi connectivity index (χ1v) is 7.48. The Hall–Kier alpha value is -1.64. The van der Waals surface area contributed by atoms with Crippen LogP contribution in [0.3, 0.4) is 0 Å². The van der Waals surface area contributed by atoms with E-state index in [1.165, 1.54) is 20.2 Å². The molecule has 3 aromatic rings. The van der Waals surface area contributed by atoms with Gasteiger partial charge in [0.05, 0.1) is 0 Å². The van der Waals surface area contributed by atoms with Crippen LogP contribution < -0.4 is 0 Å². The van der Waals surface area contributed by atoms with Crippen molar-refractivity contribution >= 4 is 34.8 Å². The Morgan fingerprint density at radius 3 is 2.33 bits per heavy atom. The third-order valence-corrected chi connectivity index (χ3v) is 4.58. The van der Waals surface area contributed by atoms with E-state index in [4.69, 9.17) is 0 Å². The van der Waals surface area contributed by atoms with E-state index in [1.54, 1.807) is 11.3 Å². The molecule has 0 aliphatic heterocycles. The Morgan fingerprint density at radius 1 is 0.722 bits per heavy atom. The van der Waals surface area contributed by atoms with Crippen LogP contribution in [0, 0.1) is 0 Å². The average Bonchev–Trinajstić information content (AvgIpc) is 3.09. The van der Waals surface area contributed by atoms with Gasteiger partial charge in [0.25, 0.3) is 0 Å². The van der Waals surface area contributed by atoms with E-state index in [-0.39, 0.29) is 0 Å². The zero-order valence-corrected chi connectivity index (χ0v) is 11.4. The first kappa shape index (κ1) is 11.5. The van der Waals surface area contributed by atoms with E-state index in [2.05, 4.69) is 72.1 Å². The van der Waals surface area contributed by atoms with Crippen LogP contribution in [0.15, 0.2) is 60.0 Å². The Bertz CT molecular complexity index is 631. The Morgan fingerprint density at radius 2 is 1.56 bits per heavy atom. The molecule has 0 N–H and O–H groups in total. The highest BCUT2D eigenvalue weighted by molar-refractivity contribution is 7.16. The molecule has 0 atom stereocenters. The van der Waals surface area contributed by atoms with Gasteiger partial charge in [0.15, 0.2) is 0 Å². The number of rotatable bonds is 3. The molecule has 0 amide bonds. The van der Waals surface area contributed by atoms with Crippen LogP contribution >= 0.6 is 22.7 Å². The third-order valence-electron chi connectivity index (χ3n) is 2.64. The fourth-order valence-electron chi connectivity index (χ4n) is 1.75. The van der Waals surface area contributed by atoms with Crippen molar-refractivity contribution in [2.75, 3.05) is 0 Å². The number of hydrogen-bond donors (Lipinski definition) is 0. The van der Waals surface area contributed by atoms with Gasteiger partial charge in [-0.3, -0.25) is 0 Å². The van der Waals surface area contributed by atoms with E-state index in [0.29, 0.717) is 0 Å². The molecular formula is C16H12S2. The summed E-state index contributed by atoms with van der Waals surface area (Å²) < 4.78 is 0. The second kappa shape index (κ2) is 5.34. The quantitative estimate of drug-likeness (QED) is 0.576. The Kier molecular flexibility index (Phi) is 3.40. The Labute approximate surface area is 115 Å². The minimum atomic E-state index is 1.29. The molecule has 0 aliphatic carbocycles. The van der Waals surface area contributed by atoms with E-state index in [1.807, 2.05) is 11.3 Å². The van der Waals surface area contributed by atoms with E-state index in [9.17, 15) is 0 Å². The lowest BCUT2D eigenvalue weighted by Crippen LogP contribution is -1.67. The van der Waals surface area contributed by atoms with Crippen molar-refractivity contribution in [1.29, 1.82) is 0 Å². The van der Waals surface area contributed by atoms with Crippen molar-refractivity contribution in [3.8, 4) is 10.4 Å². The molecule has 0 spiro atoms. The largest absolute Gasteiger partial charge is 0.144 e. The molecule has 88 valence electrons. The highest BCUT2D eigenvalue weighted by Crippen LogP contribution is 2.29. The van der Waals surface area contributed by atoms with Gasteiger partial charge >= 0.3 is 0 Å². The molecular weight excluding hydrogens is 256 g/mol. The third kappa shape index (κ3) is 2.61. The van der Waals surface area contributed by atoms with Crippen molar-refractivity contribution < 1.29 is 0 Å². The van der Waals surface area contributed by atoms with Crippen LogP contribution in [0.2, 0.25) is 0 Å². The summed E-state index contributed by atoms with van der Waals surface area (Å²) in [4.78, 5) is 3.91. The summed E-state index contributed by atoms with van der Waals surface area (Å²) in [6.07, 6.45) is 4.36. The summed E-state index contributed by atoms with van der Waals surface area (Å²) in [6.45, 7) is 0. The summed E-state index contributed by atoms with van der Waals surface area (Å²) >= 11 is 3.59. The van der Waals surface area contributed by atoms with E-state index in [0.717, 1.165) is 0 Å². The van der Waals surface area contributed by atoms with Crippen molar-refractivity contribution in [3.63, 3.8) is 0 Å². The molecule has 0 radical (unpaired) electrons. The molecule has 2 heterocycles. The molecule has 2 aromatic heterocycles. The van der Waals surface area contributed by atoms with Crippen molar-refractivity contribution in [2.45, 2.75) is 0 Å². The lowest BCUT2D eigenvalue weighted by atomic mass is 10.2. The molecule has 0 saturated carbocycles. The maximum Gasteiger partial charge on any atom is 0.0349 e. The molecule has 0 bridgehead atoms. The fraction of sp³-hybridized carbons (Fsp3) is 0. The number of benzene rings is 1. The summed E-state index contributed by atoms with van der Waals surface area (Å²) in [5, 5.41) is 2.10. The van der Waals surface area contributed by atoms with Gasteiger partial charge in [0.2, 0.25) is 0 Å². The molecule has 0 nitrogen and oxygen atoms in total. The van der Waals surface area contributed by atoms with Gasteiger partial charge in [0.1, 0.15) is 0 Å². The maximum absolute atomic E-state index is 2.19. The van der Waals surface area contributed by atoms with Crippen molar-refractivity contribution in [3.05, 3.63) is 69.7 Å². The normalized spacial score (nSPS) is 11.1. The minimum Gasteiger partial charge on any atom is -0.144 e. The number of hydrogen-bond acceptors (Lipinski definition) is 2. The van der Waals surface area contributed by atoms with Crippen LogP contribution in [-0.2, 0) is 0 Å². The molecule has 0 saturated heterocycles. The maximum atomic E-state index is 2.19. The monoisotopic (exact) mass is 268 g/mol. The van der Waals surface area contributed by atoms with Gasteiger partial charge in [0, 0.05) is 14.6 Å². The van der Waals surface area contributed by atoms with Gasteiger partial charge < -0.3 is 0 Å². The Balaban J connectivity index is 1.82. The summed E-state index contributed by atoms with van der Waals surface area (Å²) in [5.41, 5.74) is 1.29. The van der Waals surface area contributed by atoms with Gasteiger partial charge in [-0.1, -0.05) is 36.4 Å². The lowest BCUT2D eigenvalue weighted by molar-refractivity contribution is 1.70. The zero-order valence-electron chi connectivity index (χ0n) is 9.74. The van der Waals surface area contributed by atoms with Crippen LogP contribution in [-0.4, -0.2) is 0 Å². The first-order chi connectivity index (χ1) is 8.92. The van der Waals surface area contributed by atoms with Gasteiger partial charge in [-0.15, -0.1) is 22.7 Å². The summed E-state index contributed by atoms with van der Waals surface area (Å²) in [7, 11) is 0. The molecule has 18 heavy (non-hydrogen) atoms. The van der Waals surface area contributed by atoms with E-state index < -0.39 is 0 Å². The first-order valence-electron chi connectivity index (χ1n) is 5.79. The smallest absolute Gasteiger partial charge is 0.0349 e. The van der Waals surface area contributed by atoms with Crippen LogP contribution in [0.5, 0.6) is 0 Å². The predicted molar refractivity (Wildman–Crippen MR) is 83.0 cm³/mol. The van der Waals surface area contributed by atoms with E-state index >= 15 is 0 Å². The van der Waals surface area contributed by atoms with Crippen LogP contribution in [0.25, 0.3) is 22.6 Å². The van der Waals surface area contributed by atoms with Crippen molar-refractivity contribution in [1.82, 2.24) is 0 Å². The standard InChI is InChI=1S/C16H12S2/c1-2-5-13(6-3-1)16-11-10-15(18-16)9-8-14-7-4-12-17-14/h1-12H. The second-order valence-electron chi connectivity index (χ2n) is 3.92. The molecule has 3 rings (SSSR count). The van der Waals surface area contributed by atoms with Crippen molar-refractivity contribution in [2.24, 2.45) is 0 Å². The fourth-order valence-corrected chi connectivity index (χ4v) is 3.28. The molecule has 0 unspecified atom stereocenters. The minimum absolute atomic E-state index is 1.29. The van der Waals surface area contributed by atoms with Gasteiger partial charge in [-0.25, -0.2) is 0 Å². The highest BCUT2D eigenvalue weighted by atomic mass is 32.1. The molecule has 0 aliphatic rings. The topological polar surface area (TPSA) is 0 Å².